The first-order valence-corrected chi connectivity index (χ1v) is 6.86. The minimum atomic E-state index is -0.166. The van der Waals surface area contributed by atoms with Crippen LogP contribution in [0.2, 0.25) is 0 Å². The summed E-state index contributed by atoms with van der Waals surface area (Å²) in [7, 11) is 1.62. The summed E-state index contributed by atoms with van der Waals surface area (Å²) in [6, 6.07) is 0.234. The van der Waals surface area contributed by atoms with Crippen LogP contribution >= 0.6 is 0 Å². The molecular weight excluding hydrogens is 242 g/mol. The number of hydrogen-bond acceptors (Lipinski definition) is 4. The van der Waals surface area contributed by atoms with Crippen LogP contribution in [0.3, 0.4) is 0 Å². The fraction of sp³-hybridized carbons (Fsp3) is 0.786. The molecular formula is C14H25N3O2. The standard InChI is InChI=1S/C14H25N3O2/c1-4-8-17-9-5-13(6-10-17)16-12(2)14(18)15-7-11-19-3/h1,12-13,16H,5-11H2,2-3H3,(H,15,18). The third-order valence-electron chi connectivity index (χ3n) is 3.39. The minimum Gasteiger partial charge on any atom is -0.383 e. The highest BCUT2D eigenvalue weighted by Gasteiger charge is 2.22. The monoisotopic (exact) mass is 267 g/mol. The van der Waals surface area contributed by atoms with Crippen molar-refractivity contribution in [3.8, 4) is 12.3 Å². The molecule has 5 nitrogen and oxygen atoms in total. The third kappa shape index (κ3) is 6.06. The zero-order valence-electron chi connectivity index (χ0n) is 11.9. The zero-order chi connectivity index (χ0) is 14.1. The quantitative estimate of drug-likeness (QED) is 0.496. The topological polar surface area (TPSA) is 53.6 Å². The number of hydrogen-bond donors (Lipinski definition) is 2. The molecule has 1 atom stereocenters. The molecule has 1 fully saturated rings. The van der Waals surface area contributed by atoms with Crippen molar-refractivity contribution in [2.45, 2.75) is 31.8 Å². The van der Waals surface area contributed by atoms with E-state index in [9.17, 15) is 4.79 Å². The van der Waals surface area contributed by atoms with Gasteiger partial charge in [0.2, 0.25) is 5.91 Å². The van der Waals surface area contributed by atoms with E-state index in [1.54, 1.807) is 7.11 Å². The highest BCUT2D eigenvalue weighted by atomic mass is 16.5. The van der Waals surface area contributed by atoms with Crippen molar-refractivity contribution >= 4 is 5.91 Å². The largest absolute Gasteiger partial charge is 0.383 e. The van der Waals surface area contributed by atoms with E-state index in [4.69, 9.17) is 11.2 Å². The van der Waals surface area contributed by atoms with Crippen LogP contribution in [-0.2, 0) is 9.53 Å². The molecule has 1 heterocycles. The fourth-order valence-electron chi connectivity index (χ4n) is 2.25. The lowest BCUT2D eigenvalue weighted by Crippen LogP contribution is -2.50. The molecule has 1 aliphatic rings. The van der Waals surface area contributed by atoms with Crippen molar-refractivity contribution in [2.24, 2.45) is 0 Å². The molecule has 1 unspecified atom stereocenters. The van der Waals surface area contributed by atoms with E-state index in [0.29, 0.717) is 19.2 Å². The van der Waals surface area contributed by atoms with E-state index in [0.717, 1.165) is 32.5 Å². The lowest BCUT2D eigenvalue weighted by molar-refractivity contribution is -0.123. The average molecular weight is 267 g/mol. The Kier molecular flexibility index (Phi) is 7.49. The lowest BCUT2D eigenvalue weighted by atomic mass is 10.0. The van der Waals surface area contributed by atoms with Gasteiger partial charge in [0, 0.05) is 32.8 Å². The average Bonchev–Trinajstić information content (AvgIpc) is 2.41. The van der Waals surface area contributed by atoms with E-state index in [1.165, 1.54) is 0 Å². The first kappa shape index (κ1) is 16.0. The summed E-state index contributed by atoms with van der Waals surface area (Å²) in [5, 5.41) is 6.22. The Hall–Kier alpha value is -1.09. The number of piperidine rings is 1. The summed E-state index contributed by atoms with van der Waals surface area (Å²) < 4.78 is 4.90. The predicted octanol–water partition coefficient (Wildman–Crippen LogP) is -0.175. The van der Waals surface area contributed by atoms with Crippen LogP contribution < -0.4 is 10.6 Å². The Bertz CT molecular complexity index is 306. The van der Waals surface area contributed by atoms with Gasteiger partial charge in [-0.1, -0.05) is 5.92 Å². The van der Waals surface area contributed by atoms with Crippen molar-refractivity contribution in [1.29, 1.82) is 0 Å². The number of nitrogens with one attached hydrogen (secondary N) is 2. The van der Waals surface area contributed by atoms with Crippen LogP contribution in [-0.4, -0.2) is 62.8 Å². The number of carbonyl (C=O) groups excluding carboxylic acids is 1. The maximum atomic E-state index is 11.8. The summed E-state index contributed by atoms with van der Waals surface area (Å²) in [5.74, 6) is 2.70. The van der Waals surface area contributed by atoms with Gasteiger partial charge in [-0.2, -0.15) is 0 Å². The molecule has 1 saturated heterocycles. The number of methoxy groups -OCH3 is 1. The van der Waals surface area contributed by atoms with Crippen molar-refractivity contribution in [3.05, 3.63) is 0 Å². The van der Waals surface area contributed by atoms with Crippen LogP contribution in [0.4, 0.5) is 0 Å². The maximum Gasteiger partial charge on any atom is 0.236 e. The molecule has 0 aliphatic carbocycles. The summed E-state index contributed by atoms with van der Waals surface area (Å²) in [6.45, 7) is 5.72. The van der Waals surface area contributed by atoms with Crippen molar-refractivity contribution in [2.75, 3.05) is 39.9 Å². The molecule has 1 aliphatic heterocycles. The fourth-order valence-corrected chi connectivity index (χ4v) is 2.25. The van der Waals surface area contributed by atoms with Crippen LogP contribution in [0, 0.1) is 12.3 Å². The highest BCUT2D eigenvalue weighted by Crippen LogP contribution is 2.10. The molecule has 5 heteroatoms. The van der Waals surface area contributed by atoms with Gasteiger partial charge >= 0.3 is 0 Å². The second kappa shape index (κ2) is 8.92. The number of carbonyl (C=O) groups is 1. The number of nitrogens with zero attached hydrogens (tertiary/aromatic N) is 1. The van der Waals surface area contributed by atoms with Crippen molar-refractivity contribution < 1.29 is 9.53 Å². The molecule has 2 N–H and O–H groups in total. The first-order chi connectivity index (χ1) is 9.17. The predicted molar refractivity (Wildman–Crippen MR) is 75.8 cm³/mol. The van der Waals surface area contributed by atoms with E-state index >= 15 is 0 Å². The van der Waals surface area contributed by atoms with Gasteiger partial charge in [-0.05, 0) is 19.8 Å². The number of terminal acetylenes is 1. The highest BCUT2D eigenvalue weighted by molar-refractivity contribution is 5.81. The number of amides is 1. The van der Waals surface area contributed by atoms with Gasteiger partial charge in [0.15, 0.2) is 0 Å². The van der Waals surface area contributed by atoms with Gasteiger partial charge < -0.3 is 15.4 Å². The summed E-state index contributed by atoms with van der Waals surface area (Å²) in [4.78, 5) is 14.1. The van der Waals surface area contributed by atoms with Gasteiger partial charge in [0.05, 0.1) is 19.2 Å². The molecule has 0 radical (unpaired) electrons. The van der Waals surface area contributed by atoms with Crippen molar-refractivity contribution in [3.63, 3.8) is 0 Å². The molecule has 0 aromatic heterocycles. The van der Waals surface area contributed by atoms with Crippen molar-refractivity contribution in [1.82, 2.24) is 15.5 Å². The zero-order valence-corrected chi connectivity index (χ0v) is 11.9. The summed E-state index contributed by atoms with van der Waals surface area (Å²) in [6.07, 6.45) is 7.38. The van der Waals surface area contributed by atoms with Crippen LogP contribution in [0.5, 0.6) is 0 Å². The molecule has 0 bridgehead atoms. The molecule has 108 valence electrons. The molecule has 1 amide bonds. The molecule has 1 rings (SSSR count). The third-order valence-corrected chi connectivity index (χ3v) is 3.39. The van der Waals surface area contributed by atoms with Gasteiger partial charge in [-0.3, -0.25) is 9.69 Å². The Morgan fingerprint density at radius 1 is 1.53 bits per heavy atom. The molecule has 0 aromatic rings. The Labute approximate surface area is 116 Å². The molecule has 0 spiro atoms. The van der Waals surface area contributed by atoms with Crippen LogP contribution in [0.15, 0.2) is 0 Å². The number of likely N-dealkylation sites (tertiary alicyclic amines) is 1. The SMILES string of the molecule is C#CCN1CCC(NC(C)C(=O)NCCOC)CC1. The molecule has 0 aromatic carbocycles. The van der Waals surface area contributed by atoms with E-state index in [1.807, 2.05) is 6.92 Å². The van der Waals surface area contributed by atoms with Gasteiger partial charge in [0.25, 0.3) is 0 Å². The minimum absolute atomic E-state index is 0.0307. The summed E-state index contributed by atoms with van der Waals surface area (Å²) >= 11 is 0. The van der Waals surface area contributed by atoms with Crippen LogP contribution in [0.1, 0.15) is 19.8 Å². The van der Waals surface area contributed by atoms with E-state index in [-0.39, 0.29) is 11.9 Å². The van der Waals surface area contributed by atoms with Gasteiger partial charge in [-0.25, -0.2) is 0 Å². The Morgan fingerprint density at radius 2 is 2.21 bits per heavy atom. The second-order valence-corrected chi connectivity index (χ2v) is 4.93. The molecule has 0 saturated carbocycles. The van der Waals surface area contributed by atoms with Crippen LogP contribution in [0.25, 0.3) is 0 Å². The Balaban J connectivity index is 2.20. The summed E-state index contributed by atoms with van der Waals surface area (Å²) in [5.41, 5.74) is 0. The Morgan fingerprint density at radius 3 is 2.79 bits per heavy atom. The van der Waals surface area contributed by atoms with E-state index < -0.39 is 0 Å². The first-order valence-electron chi connectivity index (χ1n) is 6.86. The molecule has 19 heavy (non-hydrogen) atoms. The smallest absolute Gasteiger partial charge is 0.236 e. The lowest BCUT2D eigenvalue weighted by Gasteiger charge is -2.32. The maximum absolute atomic E-state index is 11.8. The van der Waals surface area contributed by atoms with Gasteiger partial charge in [-0.15, -0.1) is 6.42 Å². The number of rotatable bonds is 7. The number of ether oxygens (including phenoxy) is 1. The second-order valence-electron chi connectivity index (χ2n) is 4.93. The normalized spacial score (nSPS) is 18.8. The van der Waals surface area contributed by atoms with E-state index in [2.05, 4.69) is 21.5 Å². The van der Waals surface area contributed by atoms with Gasteiger partial charge in [0.1, 0.15) is 0 Å².